The first-order valence-corrected chi connectivity index (χ1v) is 9.79. The van der Waals surface area contributed by atoms with Crippen molar-refractivity contribution < 1.29 is 14.1 Å². The first-order chi connectivity index (χ1) is 14.1. The number of nitrogens with zero attached hydrogens (tertiary/aromatic N) is 3. The molecule has 7 nitrogen and oxygen atoms in total. The summed E-state index contributed by atoms with van der Waals surface area (Å²) in [7, 11) is 1.62. The lowest BCUT2D eigenvalue weighted by atomic mass is 9.97. The Morgan fingerprint density at radius 1 is 1.28 bits per heavy atom. The molecule has 1 amide bonds. The molecule has 29 heavy (non-hydrogen) atoms. The number of carbonyl (C=O) groups excluding carboxylic acids is 1. The number of rotatable bonds is 5. The maximum absolute atomic E-state index is 12.7. The van der Waals surface area contributed by atoms with Crippen LogP contribution in [0.2, 0.25) is 5.02 Å². The van der Waals surface area contributed by atoms with Gasteiger partial charge in [-0.1, -0.05) is 22.8 Å². The van der Waals surface area contributed by atoms with Crippen molar-refractivity contribution in [2.75, 3.05) is 30.4 Å². The van der Waals surface area contributed by atoms with Gasteiger partial charge >= 0.3 is 6.01 Å². The summed E-state index contributed by atoms with van der Waals surface area (Å²) < 4.78 is 10.6. The van der Waals surface area contributed by atoms with E-state index >= 15 is 0 Å². The normalized spacial score (nSPS) is 16.5. The van der Waals surface area contributed by atoms with Crippen molar-refractivity contribution in [1.82, 2.24) is 10.1 Å². The highest BCUT2D eigenvalue weighted by atomic mass is 35.5. The molecule has 8 heteroatoms. The quantitative estimate of drug-likeness (QED) is 0.674. The molecule has 0 saturated carbocycles. The maximum atomic E-state index is 12.7. The average Bonchev–Trinajstić information content (AvgIpc) is 3.24. The number of carbonyl (C=O) groups is 1. The fourth-order valence-electron chi connectivity index (χ4n) is 3.38. The van der Waals surface area contributed by atoms with Crippen LogP contribution in [0.3, 0.4) is 0 Å². The molecule has 0 radical (unpaired) electrons. The Kier molecular flexibility index (Phi) is 5.67. The molecule has 4 rings (SSSR count). The standard InChI is InChI=1S/C21H21ClN4O3/c1-28-18-9-7-14(8-10-18)19-24-21(29-25-19)26-11-3-4-15(13-26)20(27)23-17-6-2-5-16(22)12-17/h2,5-10,12,15H,3-4,11,13H2,1H3,(H,23,27)/t15-/m1/s1. The molecular formula is C21H21ClN4O3. The molecule has 1 aromatic heterocycles. The van der Waals surface area contributed by atoms with Crippen molar-refractivity contribution in [3.63, 3.8) is 0 Å². The number of amides is 1. The van der Waals surface area contributed by atoms with Crippen LogP contribution in [-0.2, 0) is 4.79 Å². The van der Waals surface area contributed by atoms with E-state index in [4.69, 9.17) is 20.9 Å². The first-order valence-electron chi connectivity index (χ1n) is 9.42. The second-order valence-corrected chi connectivity index (χ2v) is 7.35. The summed E-state index contributed by atoms with van der Waals surface area (Å²) in [6, 6.07) is 15.0. The number of piperidine rings is 1. The van der Waals surface area contributed by atoms with Gasteiger partial charge in [0, 0.05) is 29.4 Å². The molecule has 1 N–H and O–H groups in total. The van der Waals surface area contributed by atoms with Gasteiger partial charge in [-0.05, 0) is 55.3 Å². The summed E-state index contributed by atoms with van der Waals surface area (Å²) in [5.41, 5.74) is 1.53. The van der Waals surface area contributed by atoms with E-state index in [1.165, 1.54) is 0 Å². The van der Waals surface area contributed by atoms with Crippen molar-refractivity contribution in [3.8, 4) is 17.1 Å². The second-order valence-electron chi connectivity index (χ2n) is 6.91. The number of methoxy groups -OCH3 is 1. The van der Waals surface area contributed by atoms with Gasteiger partial charge in [-0.25, -0.2) is 0 Å². The molecule has 1 atom stereocenters. The molecule has 150 valence electrons. The van der Waals surface area contributed by atoms with E-state index in [0.29, 0.717) is 29.1 Å². The van der Waals surface area contributed by atoms with Gasteiger partial charge in [0.15, 0.2) is 0 Å². The third-order valence-corrected chi connectivity index (χ3v) is 5.15. The van der Waals surface area contributed by atoms with Gasteiger partial charge in [-0.2, -0.15) is 4.98 Å². The van der Waals surface area contributed by atoms with Crippen molar-refractivity contribution in [2.45, 2.75) is 12.8 Å². The number of benzene rings is 2. The molecule has 0 aliphatic carbocycles. The largest absolute Gasteiger partial charge is 0.497 e. The van der Waals surface area contributed by atoms with Crippen molar-refractivity contribution in [3.05, 3.63) is 53.6 Å². The van der Waals surface area contributed by atoms with Crippen LogP contribution in [0.4, 0.5) is 11.7 Å². The molecule has 0 unspecified atom stereocenters. The smallest absolute Gasteiger partial charge is 0.324 e. The number of aromatic nitrogens is 2. The third-order valence-electron chi connectivity index (χ3n) is 4.92. The van der Waals surface area contributed by atoms with Gasteiger partial charge in [-0.3, -0.25) is 4.79 Å². The van der Waals surface area contributed by atoms with E-state index in [2.05, 4.69) is 15.5 Å². The zero-order chi connectivity index (χ0) is 20.2. The summed E-state index contributed by atoms with van der Waals surface area (Å²) in [5, 5.41) is 7.61. The zero-order valence-corrected chi connectivity index (χ0v) is 16.7. The molecule has 2 aromatic carbocycles. The summed E-state index contributed by atoms with van der Waals surface area (Å²) in [6.45, 7) is 1.29. The molecule has 2 heterocycles. The van der Waals surface area contributed by atoms with Crippen LogP contribution in [0, 0.1) is 5.92 Å². The van der Waals surface area contributed by atoms with Crippen LogP contribution in [0.5, 0.6) is 5.75 Å². The fraction of sp³-hybridized carbons (Fsp3) is 0.286. The minimum absolute atomic E-state index is 0.0353. The van der Waals surface area contributed by atoms with E-state index < -0.39 is 0 Å². The molecule has 3 aromatic rings. The predicted molar refractivity (Wildman–Crippen MR) is 111 cm³/mol. The van der Waals surface area contributed by atoms with E-state index in [-0.39, 0.29) is 11.8 Å². The minimum atomic E-state index is -0.168. The van der Waals surface area contributed by atoms with Crippen LogP contribution in [0.25, 0.3) is 11.4 Å². The second kappa shape index (κ2) is 8.53. The van der Waals surface area contributed by atoms with E-state index in [0.717, 1.165) is 30.7 Å². The van der Waals surface area contributed by atoms with Gasteiger partial charge in [0.05, 0.1) is 13.0 Å². The number of anilines is 2. The van der Waals surface area contributed by atoms with Crippen molar-refractivity contribution >= 4 is 29.2 Å². The van der Waals surface area contributed by atoms with E-state index in [1.807, 2.05) is 41.3 Å². The molecular weight excluding hydrogens is 392 g/mol. The fourth-order valence-corrected chi connectivity index (χ4v) is 3.57. The van der Waals surface area contributed by atoms with Gasteiger partial charge < -0.3 is 19.5 Å². The zero-order valence-electron chi connectivity index (χ0n) is 16.0. The molecule has 1 fully saturated rings. The van der Waals surface area contributed by atoms with E-state index in [1.54, 1.807) is 19.2 Å². The molecule has 0 bridgehead atoms. The van der Waals surface area contributed by atoms with Crippen LogP contribution in [-0.4, -0.2) is 36.2 Å². The topological polar surface area (TPSA) is 80.5 Å². The first kappa shape index (κ1) is 19.3. The third kappa shape index (κ3) is 4.51. The highest BCUT2D eigenvalue weighted by Gasteiger charge is 2.28. The Bertz CT molecular complexity index is 990. The Hall–Kier alpha value is -3.06. The van der Waals surface area contributed by atoms with Gasteiger partial charge in [0.25, 0.3) is 0 Å². The number of hydrogen-bond acceptors (Lipinski definition) is 6. The predicted octanol–water partition coefficient (Wildman–Crippen LogP) is 4.25. The summed E-state index contributed by atoms with van der Waals surface area (Å²) in [4.78, 5) is 19.2. The molecule has 1 saturated heterocycles. The van der Waals surface area contributed by atoms with Crippen LogP contribution in [0.1, 0.15) is 12.8 Å². The minimum Gasteiger partial charge on any atom is -0.497 e. The number of hydrogen-bond donors (Lipinski definition) is 1. The van der Waals surface area contributed by atoms with Crippen LogP contribution in [0.15, 0.2) is 53.1 Å². The highest BCUT2D eigenvalue weighted by molar-refractivity contribution is 6.30. The van der Waals surface area contributed by atoms with Crippen molar-refractivity contribution in [2.24, 2.45) is 5.92 Å². The molecule has 1 aliphatic rings. The molecule has 1 aliphatic heterocycles. The summed E-state index contributed by atoms with van der Waals surface area (Å²) in [6.07, 6.45) is 1.68. The SMILES string of the molecule is COc1ccc(-c2noc(N3CCC[C@@H](C(=O)Nc4cccc(Cl)c4)C3)n2)cc1. The Labute approximate surface area is 173 Å². The van der Waals surface area contributed by atoms with Gasteiger partial charge in [0.2, 0.25) is 11.7 Å². The average molecular weight is 413 g/mol. The maximum Gasteiger partial charge on any atom is 0.324 e. The van der Waals surface area contributed by atoms with Gasteiger partial charge in [0.1, 0.15) is 5.75 Å². The lowest BCUT2D eigenvalue weighted by Crippen LogP contribution is -2.41. The Morgan fingerprint density at radius 3 is 2.86 bits per heavy atom. The van der Waals surface area contributed by atoms with E-state index in [9.17, 15) is 4.79 Å². The Morgan fingerprint density at radius 2 is 2.10 bits per heavy atom. The van der Waals surface area contributed by atoms with Gasteiger partial charge in [-0.15, -0.1) is 0 Å². The molecule has 0 spiro atoms. The van der Waals surface area contributed by atoms with Crippen molar-refractivity contribution in [1.29, 1.82) is 0 Å². The van der Waals surface area contributed by atoms with Crippen LogP contribution < -0.4 is 15.0 Å². The number of halogens is 1. The monoisotopic (exact) mass is 412 g/mol. The number of ether oxygens (including phenoxy) is 1. The summed E-state index contributed by atoms with van der Waals surface area (Å²) >= 11 is 5.99. The number of nitrogens with one attached hydrogen (secondary N) is 1. The highest BCUT2D eigenvalue weighted by Crippen LogP contribution is 2.26. The lowest BCUT2D eigenvalue weighted by Gasteiger charge is -2.30. The van der Waals surface area contributed by atoms with Crippen LogP contribution >= 0.6 is 11.6 Å². The Balaban J connectivity index is 1.43. The summed E-state index contributed by atoms with van der Waals surface area (Å²) in [5.74, 6) is 1.07. The lowest BCUT2D eigenvalue weighted by molar-refractivity contribution is -0.120.